The van der Waals surface area contributed by atoms with Gasteiger partial charge < -0.3 is 14.4 Å². The number of rotatable bonds is 8. The molecule has 0 aliphatic carbocycles. The summed E-state index contributed by atoms with van der Waals surface area (Å²) < 4.78 is 12.0. The van der Waals surface area contributed by atoms with E-state index in [0.29, 0.717) is 34.7 Å². The maximum Gasteiger partial charge on any atom is 0.266 e. The van der Waals surface area contributed by atoms with Crippen molar-refractivity contribution < 1.29 is 14.3 Å². The van der Waals surface area contributed by atoms with Gasteiger partial charge in [-0.15, -0.1) is 12.4 Å². The highest BCUT2D eigenvalue weighted by Gasteiger charge is 2.21. The molecule has 0 aliphatic heterocycles. The lowest BCUT2D eigenvalue weighted by atomic mass is 10.2. The monoisotopic (exact) mass is 469 g/mol. The van der Waals surface area contributed by atoms with Gasteiger partial charge in [0.25, 0.3) is 5.91 Å². The van der Waals surface area contributed by atoms with E-state index >= 15 is 0 Å². The van der Waals surface area contributed by atoms with Crippen molar-refractivity contribution in [1.82, 2.24) is 9.88 Å². The van der Waals surface area contributed by atoms with Gasteiger partial charge in [-0.25, -0.2) is 4.98 Å². The molecule has 0 unspecified atom stereocenters. The third-order valence-corrected chi connectivity index (χ3v) is 5.61. The van der Waals surface area contributed by atoms with Crippen molar-refractivity contribution in [3.8, 4) is 11.5 Å². The Morgan fingerprint density at radius 1 is 1.17 bits per heavy atom. The summed E-state index contributed by atoms with van der Waals surface area (Å²) in [4.78, 5) is 21.4. The lowest BCUT2D eigenvalue weighted by Gasteiger charge is -2.22. The number of thiazole rings is 1. The number of halogens is 2. The van der Waals surface area contributed by atoms with Crippen LogP contribution >= 0.6 is 35.3 Å². The molecule has 0 N–H and O–H groups in total. The molecule has 0 atom stereocenters. The Bertz CT molecular complexity index is 1010. The number of amides is 1. The van der Waals surface area contributed by atoms with Crippen LogP contribution in [0, 0.1) is 6.92 Å². The van der Waals surface area contributed by atoms with Gasteiger partial charge in [-0.3, -0.25) is 9.69 Å². The number of anilines is 1. The van der Waals surface area contributed by atoms with Crippen LogP contribution in [0.5, 0.6) is 11.5 Å². The summed E-state index contributed by atoms with van der Waals surface area (Å²) in [5, 5.41) is 1.30. The van der Waals surface area contributed by atoms with Crippen LogP contribution in [0.1, 0.15) is 5.56 Å². The fraction of sp³-hybridized carbons (Fsp3) is 0.333. The third-order valence-electron chi connectivity index (χ3n) is 4.36. The second kappa shape index (κ2) is 10.8. The second-order valence-corrected chi connectivity index (χ2v) is 8.30. The number of aromatic nitrogens is 1. The average molecular weight is 470 g/mol. The highest BCUT2D eigenvalue weighted by molar-refractivity contribution is 7.22. The zero-order valence-electron chi connectivity index (χ0n) is 17.3. The summed E-state index contributed by atoms with van der Waals surface area (Å²) in [6.07, 6.45) is 0. The molecule has 0 bridgehead atoms. The molecule has 3 aromatic rings. The van der Waals surface area contributed by atoms with Gasteiger partial charge in [-0.2, -0.15) is 0 Å². The van der Waals surface area contributed by atoms with Crippen LogP contribution in [0.25, 0.3) is 10.2 Å². The highest BCUT2D eigenvalue weighted by Crippen LogP contribution is 2.33. The van der Waals surface area contributed by atoms with E-state index in [4.69, 9.17) is 26.1 Å². The Morgan fingerprint density at radius 2 is 1.87 bits per heavy atom. The summed E-state index contributed by atoms with van der Waals surface area (Å²) in [6.45, 7) is 3.07. The minimum absolute atomic E-state index is 0. The Morgan fingerprint density at radius 3 is 2.53 bits per heavy atom. The predicted octanol–water partition coefficient (Wildman–Crippen LogP) is 4.66. The number of likely N-dealkylation sites (N-methyl/N-ethyl adjacent to an activating group) is 1. The van der Waals surface area contributed by atoms with Crippen LogP contribution in [0.3, 0.4) is 0 Å². The predicted molar refractivity (Wildman–Crippen MR) is 126 cm³/mol. The summed E-state index contributed by atoms with van der Waals surface area (Å²) in [6, 6.07) is 11.0. The van der Waals surface area contributed by atoms with Crippen LogP contribution in [-0.4, -0.2) is 56.7 Å². The minimum atomic E-state index is -0.166. The molecule has 1 heterocycles. The van der Waals surface area contributed by atoms with Crippen LogP contribution in [0.4, 0.5) is 5.13 Å². The molecule has 162 valence electrons. The lowest BCUT2D eigenvalue weighted by molar-refractivity contribution is -0.120. The van der Waals surface area contributed by atoms with Crippen molar-refractivity contribution in [3.05, 3.63) is 47.0 Å². The van der Waals surface area contributed by atoms with E-state index < -0.39 is 0 Å². The number of benzene rings is 2. The van der Waals surface area contributed by atoms with Crippen molar-refractivity contribution in [3.63, 3.8) is 0 Å². The summed E-state index contributed by atoms with van der Waals surface area (Å²) in [5.74, 6) is 0.953. The molecule has 0 spiro atoms. The number of hydrogen-bond acceptors (Lipinski definition) is 6. The van der Waals surface area contributed by atoms with Gasteiger partial charge in [-0.05, 0) is 50.8 Å². The number of carbonyl (C=O) groups excluding carboxylic acids is 1. The Hall–Kier alpha value is -2.06. The summed E-state index contributed by atoms with van der Waals surface area (Å²) in [7, 11) is 5.51. The van der Waals surface area contributed by atoms with E-state index in [1.54, 1.807) is 24.1 Å². The molecule has 6 nitrogen and oxygen atoms in total. The standard InChI is InChI=1S/C21H24ClN3O3S.ClH/c1-14-11-15(22)12-18-20(14)23-21(29-18)25(10-9-24(2)3)19(26)13-28-17-8-6-5-7-16(17)27-4;/h5-8,11-12H,9-10,13H2,1-4H3;1H. The first kappa shape index (κ1) is 24.2. The van der Waals surface area contributed by atoms with E-state index in [9.17, 15) is 4.79 Å². The van der Waals surface area contributed by atoms with Gasteiger partial charge >= 0.3 is 0 Å². The zero-order chi connectivity index (χ0) is 21.0. The van der Waals surface area contributed by atoms with Crippen molar-refractivity contribution >= 4 is 56.6 Å². The highest BCUT2D eigenvalue weighted by atomic mass is 35.5. The number of aryl methyl sites for hydroxylation is 1. The molecule has 9 heteroatoms. The smallest absolute Gasteiger partial charge is 0.266 e. The van der Waals surface area contributed by atoms with Crippen LogP contribution in [-0.2, 0) is 4.79 Å². The van der Waals surface area contributed by atoms with Crippen LogP contribution < -0.4 is 14.4 Å². The SMILES string of the molecule is COc1ccccc1OCC(=O)N(CCN(C)C)c1nc2c(C)cc(Cl)cc2s1.Cl. The van der Waals surface area contributed by atoms with Crippen LogP contribution in [0.2, 0.25) is 5.02 Å². The minimum Gasteiger partial charge on any atom is -0.493 e. The van der Waals surface area contributed by atoms with E-state index in [1.807, 2.05) is 50.2 Å². The number of nitrogens with zero attached hydrogens (tertiary/aromatic N) is 3. The van der Waals surface area contributed by atoms with Gasteiger partial charge in [0.2, 0.25) is 0 Å². The van der Waals surface area contributed by atoms with Crippen molar-refractivity contribution in [1.29, 1.82) is 0 Å². The molecule has 0 aliphatic rings. The Kier molecular flexibility index (Phi) is 8.73. The number of fused-ring (bicyclic) bond motifs is 1. The molecule has 0 radical (unpaired) electrons. The van der Waals surface area contributed by atoms with Gasteiger partial charge in [-0.1, -0.05) is 35.1 Å². The molecule has 0 saturated heterocycles. The molecule has 0 fully saturated rings. The second-order valence-electron chi connectivity index (χ2n) is 6.85. The molecule has 30 heavy (non-hydrogen) atoms. The number of hydrogen-bond donors (Lipinski definition) is 0. The van der Waals surface area contributed by atoms with Gasteiger partial charge in [0.15, 0.2) is 23.2 Å². The molecule has 2 aromatic carbocycles. The molecular weight excluding hydrogens is 445 g/mol. The average Bonchev–Trinajstić information content (AvgIpc) is 3.10. The fourth-order valence-electron chi connectivity index (χ4n) is 2.84. The fourth-order valence-corrected chi connectivity index (χ4v) is 4.30. The normalized spacial score (nSPS) is 10.7. The van der Waals surface area contributed by atoms with Gasteiger partial charge in [0.05, 0.1) is 17.3 Å². The van der Waals surface area contributed by atoms with E-state index in [-0.39, 0.29) is 24.9 Å². The summed E-state index contributed by atoms with van der Waals surface area (Å²) >= 11 is 7.64. The summed E-state index contributed by atoms with van der Waals surface area (Å²) in [5.41, 5.74) is 1.85. The number of methoxy groups -OCH3 is 1. The van der Waals surface area contributed by atoms with Crippen molar-refractivity contribution in [2.24, 2.45) is 0 Å². The van der Waals surface area contributed by atoms with E-state index in [0.717, 1.165) is 15.8 Å². The zero-order valence-corrected chi connectivity index (χ0v) is 19.7. The Balaban J connectivity index is 0.00000320. The van der Waals surface area contributed by atoms with Gasteiger partial charge in [0.1, 0.15) is 0 Å². The van der Waals surface area contributed by atoms with Gasteiger partial charge in [0, 0.05) is 18.1 Å². The molecule has 0 saturated carbocycles. The van der Waals surface area contributed by atoms with E-state index in [2.05, 4.69) is 0 Å². The molecule has 1 amide bonds. The lowest BCUT2D eigenvalue weighted by Crippen LogP contribution is -2.39. The quantitative estimate of drug-likeness (QED) is 0.479. The number of carbonyl (C=O) groups is 1. The molecule has 3 rings (SSSR count). The number of ether oxygens (including phenoxy) is 2. The first-order valence-electron chi connectivity index (χ1n) is 9.16. The Labute approximate surface area is 191 Å². The molecule has 1 aromatic heterocycles. The van der Waals surface area contributed by atoms with E-state index in [1.165, 1.54) is 11.3 Å². The first-order chi connectivity index (χ1) is 13.9. The first-order valence-corrected chi connectivity index (χ1v) is 10.4. The largest absolute Gasteiger partial charge is 0.493 e. The maximum absolute atomic E-state index is 13.0. The molecular formula is C21H25Cl2N3O3S. The van der Waals surface area contributed by atoms with Crippen molar-refractivity contribution in [2.75, 3.05) is 45.8 Å². The maximum atomic E-state index is 13.0. The number of para-hydroxylation sites is 2. The van der Waals surface area contributed by atoms with Crippen LogP contribution in [0.15, 0.2) is 36.4 Å². The van der Waals surface area contributed by atoms with Crippen molar-refractivity contribution in [2.45, 2.75) is 6.92 Å². The topological polar surface area (TPSA) is 54.9 Å². The third kappa shape index (κ3) is 5.76.